The van der Waals surface area contributed by atoms with Crippen LogP contribution in [-0.2, 0) is 4.74 Å². The summed E-state index contributed by atoms with van der Waals surface area (Å²) in [5, 5.41) is 4.46. The Kier molecular flexibility index (Phi) is 6.01. The largest absolute Gasteiger partial charge is 0.367 e. The van der Waals surface area contributed by atoms with Crippen molar-refractivity contribution in [2.24, 2.45) is 0 Å². The lowest BCUT2D eigenvalue weighted by atomic mass is 10.1. The lowest BCUT2D eigenvalue weighted by Crippen LogP contribution is -2.43. The molecule has 2 atom stereocenters. The zero-order valence-corrected chi connectivity index (χ0v) is 21.0. The number of alkyl halides is 2. The van der Waals surface area contributed by atoms with Gasteiger partial charge in [0.1, 0.15) is 28.9 Å². The summed E-state index contributed by atoms with van der Waals surface area (Å²) < 4.78 is 64.3. The van der Waals surface area contributed by atoms with Crippen LogP contribution in [0.2, 0.25) is 0 Å². The molecule has 0 radical (unpaired) electrons. The van der Waals surface area contributed by atoms with E-state index in [4.69, 9.17) is 4.74 Å². The number of halogens is 4. The first-order valence-electron chi connectivity index (χ1n) is 12.4. The summed E-state index contributed by atoms with van der Waals surface area (Å²) in [5.74, 6) is -2.13. The summed E-state index contributed by atoms with van der Waals surface area (Å²) in [6, 6.07) is 1.67. The highest BCUT2D eigenvalue weighted by molar-refractivity contribution is 5.88. The molecule has 1 aromatic carbocycles. The van der Waals surface area contributed by atoms with E-state index in [1.807, 2.05) is 22.7 Å². The molecule has 6 rings (SSSR count). The molecule has 0 spiro atoms. The highest BCUT2D eigenvalue weighted by atomic mass is 19.3. The predicted molar refractivity (Wildman–Crippen MR) is 131 cm³/mol. The number of benzene rings is 1. The highest BCUT2D eigenvalue weighted by Crippen LogP contribution is 2.37. The number of morpholine rings is 1. The van der Waals surface area contributed by atoms with Crippen molar-refractivity contribution in [3.63, 3.8) is 0 Å². The molecule has 12 heteroatoms. The van der Waals surface area contributed by atoms with E-state index in [0.29, 0.717) is 36.6 Å². The van der Waals surface area contributed by atoms with E-state index in [0.717, 1.165) is 24.5 Å². The average Bonchev–Trinajstić information content (AvgIpc) is 3.60. The summed E-state index contributed by atoms with van der Waals surface area (Å²) >= 11 is 0. The second-order valence-corrected chi connectivity index (χ2v) is 9.92. The van der Waals surface area contributed by atoms with Gasteiger partial charge in [0.25, 0.3) is 6.43 Å². The normalized spacial score (nSPS) is 20.1. The molecule has 2 aliphatic rings. The molecule has 1 aliphatic heterocycles. The Morgan fingerprint density at radius 3 is 2.47 bits per heavy atom. The minimum absolute atomic E-state index is 0.0303. The number of aromatic nitrogens is 6. The molecule has 1 aliphatic carbocycles. The van der Waals surface area contributed by atoms with Crippen LogP contribution in [0.5, 0.6) is 0 Å². The standard InChI is InChI=1S/C26H25F4N7O/c1-12-9-36(11-21(38-12)15-8-31-37(10-15)16-4-5-16)26-34-22(23-25(35-26)33-14(3)13(2)32-23)17-6-18(24(29)30)20(28)7-19(17)27/h6-8,10,12,16,21,24H,4-5,9,11H2,1-3H3/t12-,21-/m1/s1. The number of nitrogens with zero attached hydrogens (tertiary/aromatic N) is 7. The Morgan fingerprint density at radius 2 is 1.74 bits per heavy atom. The number of hydrogen-bond donors (Lipinski definition) is 0. The van der Waals surface area contributed by atoms with Crippen molar-refractivity contribution in [2.75, 3.05) is 18.0 Å². The molecule has 4 aromatic rings. The molecule has 1 saturated heterocycles. The van der Waals surface area contributed by atoms with Crippen molar-refractivity contribution >= 4 is 17.1 Å². The number of ether oxygens (including phenoxy) is 1. The van der Waals surface area contributed by atoms with Crippen LogP contribution in [0.4, 0.5) is 23.5 Å². The van der Waals surface area contributed by atoms with Crippen LogP contribution in [0, 0.1) is 25.5 Å². The Labute approximate surface area is 215 Å². The third-order valence-corrected chi connectivity index (χ3v) is 6.96. The fraction of sp³-hybridized carbons (Fsp3) is 0.423. The topological polar surface area (TPSA) is 81.9 Å². The molecule has 4 heterocycles. The van der Waals surface area contributed by atoms with Gasteiger partial charge < -0.3 is 9.64 Å². The summed E-state index contributed by atoms with van der Waals surface area (Å²) in [7, 11) is 0. The van der Waals surface area contributed by atoms with Crippen molar-refractivity contribution in [3.05, 3.63) is 58.7 Å². The molecular weight excluding hydrogens is 502 g/mol. The summed E-state index contributed by atoms with van der Waals surface area (Å²) in [6.45, 7) is 6.24. The molecule has 0 N–H and O–H groups in total. The first kappa shape index (κ1) is 24.7. The first-order valence-corrected chi connectivity index (χ1v) is 12.4. The Hall–Kier alpha value is -3.67. The quantitative estimate of drug-likeness (QED) is 0.321. The predicted octanol–water partition coefficient (Wildman–Crippen LogP) is 5.42. The van der Waals surface area contributed by atoms with E-state index in [1.165, 1.54) is 0 Å². The monoisotopic (exact) mass is 527 g/mol. The van der Waals surface area contributed by atoms with Crippen LogP contribution in [0.1, 0.15) is 60.9 Å². The van der Waals surface area contributed by atoms with E-state index in [2.05, 4.69) is 25.0 Å². The fourth-order valence-electron chi connectivity index (χ4n) is 4.70. The second-order valence-electron chi connectivity index (χ2n) is 9.92. The van der Waals surface area contributed by atoms with Gasteiger partial charge >= 0.3 is 0 Å². The SMILES string of the molecule is Cc1nc2nc(N3C[C@@H](C)O[C@@H](c4cnn(C5CC5)c4)C3)nc(-c3cc(C(F)F)c(F)cc3F)c2nc1C. The van der Waals surface area contributed by atoms with E-state index in [9.17, 15) is 13.2 Å². The Bertz CT molecular complexity index is 1540. The van der Waals surface area contributed by atoms with Crippen molar-refractivity contribution < 1.29 is 22.3 Å². The van der Waals surface area contributed by atoms with Crippen molar-refractivity contribution in [3.8, 4) is 11.3 Å². The molecule has 198 valence electrons. The van der Waals surface area contributed by atoms with Crippen LogP contribution in [0.25, 0.3) is 22.4 Å². The number of fused-ring (bicyclic) bond motifs is 1. The van der Waals surface area contributed by atoms with Gasteiger partial charge in [0.2, 0.25) is 5.95 Å². The van der Waals surface area contributed by atoms with Gasteiger partial charge in [-0.3, -0.25) is 4.68 Å². The number of rotatable bonds is 5. The van der Waals surface area contributed by atoms with Crippen molar-refractivity contribution in [1.82, 2.24) is 29.7 Å². The summed E-state index contributed by atoms with van der Waals surface area (Å²) in [6.07, 6.45) is 2.36. The lowest BCUT2D eigenvalue weighted by molar-refractivity contribution is -0.0178. The third-order valence-electron chi connectivity index (χ3n) is 6.96. The van der Waals surface area contributed by atoms with Crippen LogP contribution >= 0.6 is 0 Å². The van der Waals surface area contributed by atoms with Crippen LogP contribution in [0.3, 0.4) is 0 Å². The van der Waals surface area contributed by atoms with Gasteiger partial charge in [-0.1, -0.05) is 0 Å². The third kappa shape index (κ3) is 4.46. The number of aryl methyl sites for hydroxylation is 2. The second kappa shape index (κ2) is 9.26. The van der Waals surface area contributed by atoms with E-state index >= 15 is 4.39 Å². The van der Waals surface area contributed by atoms with Gasteiger partial charge in [-0.2, -0.15) is 10.1 Å². The molecule has 3 aromatic heterocycles. The summed E-state index contributed by atoms with van der Waals surface area (Å²) in [4.78, 5) is 20.1. The van der Waals surface area contributed by atoms with Crippen molar-refractivity contribution in [1.29, 1.82) is 0 Å². The van der Waals surface area contributed by atoms with Gasteiger partial charge in [0, 0.05) is 29.9 Å². The molecule has 0 unspecified atom stereocenters. The zero-order chi connectivity index (χ0) is 26.7. The Morgan fingerprint density at radius 1 is 0.974 bits per heavy atom. The lowest BCUT2D eigenvalue weighted by Gasteiger charge is -2.36. The van der Waals surface area contributed by atoms with Gasteiger partial charge in [-0.05, 0) is 39.7 Å². The van der Waals surface area contributed by atoms with E-state index in [1.54, 1.807) is 20.0 Å². The fourth-order valence-corrected chi connectivity index (χ4v) is 4.70. The minimum Gasteiger partial charge on any atom is -0.367 e. The molecular formula is C26H25F4N7O. The minimum atomic E-state index is -3.13. The Balaban J connectivity index is 1.46. The van der Waals surface area contributed by atoms with Gasteiger partial charge in [0.05, 0.1) is 41.8 Å². The van der Waals surface area contributed by atoms with Gasteiger partial charge in [0.15, 0.2) is 5.65 Å². The van der Waals surface area contributed by atoms with Gasteiger partial charge in [-0.25, -0.2) is 32.5 Å². The van der Waals surface area contributed by atoms with Crippen LogP contribution in [0.15, 0.2) is 24.5 Å². The molecule has 0 bridgehead atoms. The maximum Gasteiger partial charge on any atom is 0.266 e. The maximum absolute atomic E-state index is 15.0. The molecule has 0 amide bonds. The highest BCUT2D eigenvalue weighted by Gasteiger charge is 2.32. The average molecular weight is 528 g/mol. The molecule has 8 nitrogen and oxygen atoms in total. The van der Waals surface area contributed by atoms with Crippen LogP contribution in [-0.4, -0.2) is 48.9 Å². The smallest absolute Gasteiger partial charge is 0.266 e. The van der Waals surface area contributed by atoms with Crippen LogP contribution < -0.4 is 4.90 Å². The van der Waals surface area contributed by atoms with Gasteiger partial charge in [-0.15, -0.1) is 0 Å². The number of anilines is 1. The van der Waals surface area contributed by atoms with E-state index < -0.39 is 23.6 Å². The summed E-state index contributed by atoms with van der Waals surface area (Å²) in [5.41, 5.74) is 1.18. The number of hydrogen-bond acceptors (Lipinski definition) is 7. The maximum atomic E-state index is 15.0. The van der Waals surface area contributed by atoms with E-state index in [-0.39, 0.29) is 40.6 Å². The van der Waals surface area contributed by atoms with Crippen molar-refractivity contribution in [2.45, 2.75) is 58.3 Å². The zero-order valence-electron chi connectivity index (χ0n) is 21.0. The molecule has 38 heavy (non-hydrogen) atoms. The molecule has 2 fully saturated rings. The first-order chi connectivity index (χ1) is 18.2. The molecule has 1 saturated carbocycles.